The number of furan rings is 1. The summed E-state index contributed by atoms with van der Waals surface area (Å²) in [5.74, 6) is 8.12. The van der Waals surface area contributed by atoms with Gasteiger partial charge in [-0.1, -0.05) is 42.1 Å². The van der Waals surface area contributed by atoms with E-state index in [2.05, 4.69) is 34.5 Å². The quantitative estimate of drug-likeness (QED) is 0.430. The molecule has 0 radical (unpaired) electrons. The standard InChI is InChI=1S/C15H16N4OS/c16-19-14(13-9-4-10-20-13)17-18-15(19)21-11-5-8-12-6-2-1-3-7-12/h1-4,6-7,9-10H,5,8,11,16H2. The van der Waals surface area contributed by atoms with Gasteiger partial charge >= 0.3 is 0 Å². The van der Waals surface area contributed by atoms with E-state index in [1.165, 1.54) is 10.2 Å². The summed E-state index contributed by atoms with van der Waals surface area (Å²) in [4.78, 5) is 0. The van der Waals surface area contributed by atoms with Crippen molar-refractivity contribution >= 4 is 11.8 Å². The second kappa shape index (κ2) is 6.49. The minimum absolute atomic E-state index is 0.547. The van der Waals surface area contributed by atoms with E-state index < -0.39 is 0 Å². The van der Waals surface area contributed by atoms with Crippen molar-refractivity contribution in [3.63, 3.8) is 0 Å². The summed E-state index contributed by atoms with van der Waals surface area (Å²) < 4.78 is 6.76. The summed E-state index contributed by atoms with van der Waals surface area (Å²) in [6.45, 7) is 0. The van der Waals surface area contributed by atoms with Crippen molar-refractivity contribution in [2.24, 2.45) is 0 Å². The summed E-state index contributed by atoms with van der Waals surface area (Å²) >= 11 is 1.61. The first-order valence-electron chi connectivity index (χ1n) is 6.75. The molecule has 108 valence electrons. The van der Waals surface area contributed by atoms with Gasteiger partial charge in [0.1, 0.15) is 0 Å². The van der Waals surface area contributed by atoms with Crippen molar-refractivity contribution in [3.8, 4) is 11.6 Å². The van der Waals surface area contributed by atoms with Crippen molar-refractivity contribution in [2.75, 3.05) is 11.6 Å². The number of hydrogen-bond acceptors (Lipinski definition) is 5. The predicted octanol–water partition coefficient (Wildman–Crippen LogP) is 2.98. The molecular formula is C15H16N4OS. The average Bonchev–Trinajstić information content (AvgIpc) is 3.15. The molecule has 5 nitrogen and oxygen atoms in total. The third-order valence-corrected chi connectivity index (χ3v) is 4.12. The molecule has 0 fully saturated rings. The molecule has 0 unspecified atom stereocenters. The zero-order valence-electron chi connectivity index (χ0n) is 11.5. The maximum atomic E-state index is 6.00. The Hall–Kier alpha value is -2.21. The Bertz CT molecular complexity index is 679. The topological polar surface area (TPSA) is 69.9 Å². The number of nitrogen functional groups attached to an aromatic ring is 1. The SMILES string of the molecule is Nn1c(SCCCc2ccccc2)nnc1-c1ccco1. The maximum Gasteiger partial charge on any atom is 0.218 e. The molecule has 0 amide bonds. The number of nitrogens with two attached hydrogens (primary N) is 1. The lowest BCUT2D eigenvalue weighted by atomic mass is 10.1. The van der Waals surface area contributed by atoms with Gasteiger partial charge in [-0.2, -0.15) is 0 Å². The zero-order valence-corrected chi connectivity index (χ0v) is 12.3. The van der Waals surface area contributed by atoms with Gasteiger partial charge in [0.15, 0.2) is 5.76 Å². The van der Waals surface area contributed by atoms with E-state index in [9.17, 15) is 0 Å². The normalized spacial score (nSPS) is 10.9. The van der Waals surface area contributed by atoms with E-state index in [1.807, 2.05) is 12.1 Å². The van der Waals surface area contributed by atoms with Gasteiger partial charge in [0, 0.05) is 5.75 Å². The van der Waals surface area contributed by atoms with Crippen LogP contribution >= 0.6 is 11.8 Å². The van der Waals surface area contributed by atoms with Crippen LogP contribution in [0, 0.1) is 0 Å². The lowest BCUT2D eigenvalue weighted by Gasteiger charge is -2.02. The fraction of sp³-hybridized carbons (Fsp3) is 0.200. The van der Waals surface area contributed by atoms with Gasteiger partial charge in [-0.05, 0) is 30.5 Å². The highest BCUT2D eigenvalue weighted by molar-refractivity contribution is 7.99. The minimum atomic E-state index is 0.547. The molecule has 0 aliphatic carbocycles. The van der Waals surface area contributed by atoms with Crippen molar-refractivity contribution in [3.05, 3.63) is 54.3 Å². The molecule has 0 aliphatic rings. The van der Waals surface area contributed by atoms with Crippen LogP contribution in [-0.2, 0) is 6.42 Å². The first kappa shape index (κ1) is 13.8. The molecule has 6 heteroatoms. The summed E-state index contributed by atoms with van der Waals surface area (Å²) in [6, 6.07) is 14.1. The van der Waals surface area contributed by atoms with Crippen molar-refractivity contribution in [1.29, 1.82) is 0 Å². The van der Waals surface area contributed by atoms with Crippen LogP contribution in [0.4, 0.5) is 0 Å². The van der Waals surface area contributed by atoms with Gasteiger partial charge < -0.3 is 10.3 Å². The van der Waals surface area contributed by atoms with Gasteiger partial charge in [0.2, 0.25) is 11.0 Å². The maximum absolute atomic E-state index is 6.00. The third kappa shape index (κ3) is 3.28. The van der Waals surface area contributed by atoms with Crippen LogP contribution in [0.1, 0.15) is 12.0 Å². The van der Waals surface area contributed by atoms with Gasteiger partial charge in [-0.3, -0.25) is 0 Å². The van der Waals surface area contributed by atoms with Crippen LogP contribution in [0.25, 0.3) is 11.6 Å². The smallest absolute Gasteiger partial charge is 0.218 e. The molecule has 21 heavy (non-hydrogen) atoms. The Morgan fingerprint density at radius 3 is 2.71 bits per heavy atom. The Morgan fingerprint density at radius 2 is 1.95 bits per heavy atom. The number of aromatic nitrogens is 3. The Balaban J connectivity index is 1.54. The molecule has 0 saturated heterocycles. The van der Waals surface area contributed by atoms with Crippen LogP contribution in [0.15, 0.2) is 58.3 Å². The van der Waals surface area contributed by atoms with E-state index in [0.29, 0.717) is 16.7 Å². The van der Waals surface area contributed by atoms with Gasteiger partial charge in [0.05, 0.1) is 6.26 Å². The predicted molar refractivity (Wildman–Crippen MR) is 83.4 cm³/mol. The molecule has 2 heterocycles. The molecule has 3 aromatic rings. The van der Waals surface area contributed by atoms with Crippen molar-refractivity contribution in [2.45, 2.75) is 18.0 Å². The molecule has 3 rings (SSSR count). The first-order chi connectivity index (χ1) is 10.3. The fourth-order valence-electron chi connectivity index (χ4n) is 2.03. The Morgan fingerprint density at radius 1 is 1.10 bits per heavy atom. The lowest BCUT2D eigenvalue weighted by Crippen LogP contribution is -2.11. The number of benzene rings is 1. The van der Waals surface area contributed by atoms with E-state index in [0.717, 1.165) is 18.6 Å². The summed E-state index contributed by atoms with van der Waals surface area (Å²) in [7, 11) is 0. The zero-order chi connectivity index (χ0) is 14.5. The highest BCUT2D eigenvalue weighted by atomic mass is 32.2. The average molecular weight is 300 g/mol. The first-order valence-corrected chi connectivity index (χ1v) is 7.74. The number of rotatable bonds is 6. The molecule has 0 bridgehead atoms. The van der Waals surface area contributed by atoms with Gasteiger partial charge in [-0.25, -0.2) is 4.68 Å². The van der Waals surface area contributed by atoms with Crippen molar-refractivity contribution in [1.82, 2.24) is 14.9 Å². The van der Waals surface area contributed by atoms with Crippen LogP contribution in [0.5, 0.6) is 0 Å². The molecule has 0 saturated carbocycles. The van der Waals surface area contributed by atoms with E-state index in [-0.39, 0.29) is 0 Å². The number of nitrogens with zero attached hydrogens (tertiary/aromatic N) is 3. The molecule has 0 aliphatic heterocycles. The minimum Gasteiger partial charge on any atom is -0.461 e. The number of hydrogen-bond donors (Lipinski definition) is 1. The Labute approximate surface area is 127 Å². The lowest BCUT2D eigenvalue weighted by molar-refractivity contribution is 0.574. The molecule has 2 aromatic heterocycles. The summed E-state index contributed by atoms with van der Waals surface area (Å²) in [5, 5.41) is 8.88. The van der Waals surface area contributed by atoms with Crippen LogP contribution in [0.3, 0.4) is 0 Å². The highest BCUT2D eigenvalue weighted by Crippen LogP contribution is 2.22. The van der Waals surface area contributed by atoms with Crippen LogP contribution in [-0.4, -0.2) is 20.6 Å². The summed E-state index contributed by atoms with van der Waals surface area (Å²) in [5.41, 5.74) is 1.35. The molecule has 2 N–H and O–H groups in total. The summed E-state index contributed by atoms with van der Waals surface area (Å²) in [6.07, 6.45) is 3.71. The molecule has 1 aromatic carbocycles. The molecular weight excluding hydrogens is 284 g/mol. The number of aryl methyl sites for hydroxylation is 1. The Kier molecular flexibility index (Phi) is 4.25. The second-order valence-corrected chi connectivity index (χ2v) is 5.65. The molecule has 0 spiro atoms. The van der Waals surface area contributed by atoms with Gasteiger partial charge in [0.25, 0.3) is 0 Å². The fourth-order valence-corrected chi connectivity index (χ4v) is 2.83. The van der Waals surface area contributed by atoms with Gasteiger partial charge in [-0.15, -0.1) is 10.2 Å². The second-order valence-electron chi connectivity index (χ2n) is 4.59. The van der Waals surface area contributed by atoms with E-state index >= 15 is 0 Å². The number of thioether (sulfide) groups is 1. The third-order valence-electron chi connectivity index (χ3n) is 3.09. The van der Waals surface area contributed by atoms with E-state index in [4.69, 9.17) is 10.3 Å². The highest BCUT2D eigenvalue weighted by Gasteiger charge is 2.13. The van der Waals surface area contributed by atoms with Crippen molar-refractivity contribution < 1.29 is 4.42 Å². The monoisotopic (exact) mass is 300 g/mol. The molecule has 0 atom stereocenters. The van der Waals surface area contributed by atoms with Crippen LogP contribution < -0.4 is 5.84 Å². The largest absolute Gasteiger partial charge is 0.461 e. The van der Waals surface area contributed by atoms with Crippen LogP contribution in [0.2, 0.25) is 0 Å². The van der Waals surface area contributed by atoms with E-state index in [1.54, 1.807) is 24.1 Å².